The van der Waals surface area contributed by atoms with Crippen molar-refractivity contribution in [3.05, 3.63) is 24.4 Å². The van der Waals surface area contributed by atoms with E-state index in [1.54, 1.807) is 53.8 Å². The van der Waals surface area contributed by atoms with Gasteiger partial charge >= 0.3 is 12.1 Å². The van der Waals surface area contributed by atoms with Gasteiger partial charge in [0, 0.05) is 50.2 Å². The van der Waals surface area contributed by atoms with Gasteiger partial charge in [-0.2, -0.15) is 0 Å². The van der Waals surface area contributed by atoms with Crippen LogP contribution in [0.1, 0.15) is 74.7 Å². The summed E-state index contributed by atoms with van der Waals surface area (Å²) in [6, 6.07) is 4.36. The Morgan fingerprint density at radius 3 is 2.35 bits per heavy atom. The molecule has 1 amide bonds. The van der Waals surface area contributed by atoms with E-state index >= 15 is 0 Å². The SMILES string of the molecule is CC[C@@H]1OC(=O)[C@H](C)C(=O)[C@@H](C)[C@@H](OC2O[C@H](C)C[C@H](N(C)C)[C@H]2O)[C@](C)(OC)C[C@@H](C)C(=O)[C@@H](C)[C@@H]2N(CCNc3ccccn3)C(=O)O[C@]12C. The first-order chi connectivity index (χ1) is 24.4. The number of esters is 1. The number of ether oxygens (including phenoxy) is 5. The number of nitrogens with zero attached hydrogens (tertiary/aromatic N) is 3. The molecule has 14 nitrogen and oxygen atoms in total. The molecule has 1 aromatic heterocycles. The molecule has 0 aliphatic carbocycles. The van der Waals surface area contributed by atoms with Crippen molar-refractivity contribution in [2.45, 2.75) is 129 Å². The summed E-state index contributed by atoms with van der Waals surface area (Å²) < 4.78 is 31.0. The summed E-state index contributed by atoms with van der Waals surface area (Å²) >= 11 is 0. The quantitative estimate of drug-likeness (QED) is 0.279. The van der Waals surface area contributed by atoms with Gasteiger partial charge in [0.15, 0.2) is 17.7 Å². The third kappa shape index (κ3) is 8.46. The molecule has 0 aromatic carbocycles. The fourth-order valence-electron chi connectivity index (χ4n) is 8.48. The largest absolute Gasteiger partial charge is 0.458 e. The third-order valence-corrected chi connectivity index (χ3v) is 11.5. The summed E-state index contributed by atoms with van der Waals surface area (Å²) in [6.07, 6.45) is -2.45. The lowest BCUT2D eigenvalue weighted by Gasteiger charge is -2.47. The standard InChI is InChI=1S/C38H60N4O10/c1-12-27-38(8)32(42(36(47)52-38)18-17-40-28-15-13-14-16-39-28)23(4)29(43)21(2)20-37(7,48-11)33(24(5)30(44)25(6)34(46)50-27)51-35-31(45)26(41(9)10)19-22(3)49-35/h13-16,21-27,31-33,35,45H,12,17-20H2,1-11H3,(H,39,40)/t21-,22-,23-,24-,25-,26+,27+,31-,32+,33-,35?,37-,38-/m1/s1. The van der Waals surface area contributed by atoms with Gasteiger partial charge in [-0.1, -0.05) is 33.8 Å². The van der Waals surface area contributed by atoms with E-state index in [9.17, 15) is 24.3 Å². The maximum atomic E-state index is 14.6. The predicted octanol–water partition coefficient (Wildman–Crippen LogP) is 3.70. The number of nitrogens with one attached hydrogen (secondary N) is 1. The van der Waals surface area contributed by atoms with E-state index in [4.69, 9.17) is 23.7 Å². The number of aromatic nitrogens is 1. The number of rotatable bonds is 9. The van der Waals surface area contributed by atoms with Gasteiger partial charge in [0.05, 0.1) is 23.9 Å². The minimum absolute atomic E-state index is 0.125. The Kier molecular flexibility index (Phi) is 13.5. The average Bonchev–Trinajstić information content (AvgIpc) is 3.37. The number of hydrogen-bond acceptors (Lipinski definition) is 13. The summed E-state index contributed by atoms with van der Waals surface area (Å²) in [4.78, 5) is 64.0. The van der Waals surface area contributed by atoms with E-state index in [1.807, 2.05) is 38.1 Å². The van der Waals surface area contributed by atoms with Crippen LogP contribution in [-0.4, -0.2) is 132 Å². The maximum Gasteiger partial charge on any atom is 0.410 e. The fourth-order valence-corrected chi connectivity index (χ4v) is 8.48. The lowest BCUT2D eigenvalue weighted by molar-refractivity contribution is -0.295. The van der Waals surface area contributed by atoms with Crippen LogP contribution in [-0.2, 0) is 38.1 Å². The normalized spacial score (nSPS) is 39.5. The number of Topliss-reactive ketones (excluding diaryl/α,β-unsaturated/α-hetero) is 2. The van der Waals surface area contributed by atoms with E-state index in [2.05, 4.69) is 10.3 Å². The van der Waals surface area contributed by atoms with Crippen LogP contribution in [0.25, 0.3) is 0 Å². The molecule has 292 valence electrons. The number of cyclic esters (lactones) is 1. The van der Waals surface area contributed by atoms with Crippen LogP contribution in [0.5, 0.6) is 0 Å². The second kappa shape index (κ2) is 16.9. The highest BCUT2D eigenvalue weighted by molar-refractivity contribution is 6.00. The Bertz CT molecular complexity index is 1420. The number of fused-ring (bicyclic) bond motifs is 1. The molecular weight excluding hydrogens is 672 g/mol. The smallest absolute Gasteiger partial charge is 0.410 e. The molecule has 14 heteroatoms. The van der Waals surface area contributed by atoms with E-state index < -0.39 is 83.4 Å². The lowest BCUT2D eigenvalue weighted by Crippen LogP contribution is -2.60. The molecule has 4 rings (SSSR count). The summed E-state index contributed by atoms with van der Waals surface area (Å²) in [6.45, 7) is 14.4. The lowest BCUT2D eigenvalue weighted by atomic mass is 9.73. The second-order valence-corrected chi connectivity index (χ2v) is 15.5. The molecule has 3 fully saturated rings. The third-order valence-electron chi connectivity index (χ3n) is 11.5. The molecule has 1 unspecified atom stereocenters. The van der Waals surface area contributed by atoms with E-state index in [1.165, 1.54) is 18.9 Å². The van der Waals surface area contributed by atoms with E-state index in [0.717, 1.165) is 0 Å². The summed E-state index contributed by atoms with van der Waals surface area (Å²) in [7, 11) is 5.22. The van der Waals surface area contributed by atoms with Crippen molar-refractivity contribution in [2.75, 3.05) is 39.6 Å². The first kappa shape index (κ1) is 41.6. The van der Waals surface area contributed by atoms with Crippen molar-refractivity contribution in [2.24, 2.45) is 23.7 Å². The van der Waals surface area contributed by atoms with Crippen LogP contribution in [0.15, 0.2) is 24.4 Å². The molecule has 2 N–H and O–H groups in total. The number of hydrogen-bond donors (Lipinski definition) is 2. The number of anilines is 1. The van der Waals surface area contributed by atoms with Crippen molar-refractivity contribution in [3.8, 4) is 0 Å². The van der Waals surface area contributed by atoms with Crippen molar-refractivity contribution >= 4 is 29.4 Å². The van der Waals surface area contributed by atoms with Gasteiger partial charge in [-0.15, -0.1) is 0 Å². The summed E-state index contributed by atoms with van der Waals surface area (Å²) in [5.74, 6) is -4.37. The molecule has 0 bridgehead atoms. The number of amides is 1. The number of pyridine rings is 1. The zero-order valence-electron chi connectivity index (χ0n) is 32.7. The van der Waals surface area contributed by atoms with Crippen molar-refractivity contribution in [1.82, 2.24) is 14.8 Å². The molecular formula is C38H60N4O10. The van der Waals surface area contributed by atoms with Gasteiger partial charge in [0.25, 0.3) is 0 Å². The van der Waals surface area contributed by atoms with E-state index in [-0.39, 0.29) is 37.3 Å². The van der Waals surface area contributed by atoms with Crippen LogP contribution in [0.4, 0.5) is 10.6 Å². The van der Waals surface area contributed by atoms with Crippen molar-refractivity contribution in [3.63, 3.8) is 0 Å². The number of aliphatic hydroxyl groups excluding tert-OH is 1. The average molecular weight is 733 g/mol. The summed E-state index contributed by atoms with van der Waals surface area (Å²) in [5, 5.41) is 14.6. The van der Waals surface area contributed by atoms with E-state index in [0.29, 0.717) is 18.8 Å². The monoisotopic (exact) mass is 732 g/mol. The van der Waals surface area contributed by atoms with Crippen LogP contribution in [0, 0.1) is 23.7 Å². The number of carbonyl (C=O) groups excluding carboxylic acids is 4. The highest BCUT2D eigenvalue weighted by Crippen LogP contribution is 2.43. The van der Waals surface area contributed by atoms with Crippen LogP contribution in [0.2, 0.25) is 0 Å². The Labute approximate surface area is 308 Å². The Morgan fingerprint density at radius 1 is 1.06 bits per heavy atom. The Balaban J connectivity index is 1.74. The highest BCUT2D eigenvalue weighted by atomic mass is 16.7. The van der Waals surface area contributed by atoms with Crippen LogP contribution >= 0.6 is 0 Å². The molecule has 3 saturated heterocycles. The molecule has 13 atom stereocenters. The Hall–Kier alpha value is -3.17. The van der Waals surface area contributed by atoms with Crippen molar-refractivity contribution in [1.29, 1.82) is 0 Å². The van der Waals surface area contributed by atoms with Crippen LogP contribution < -0.4 is 5.32 Å². The predicted molar refractivity (Wildman–Crippen MR) is 192 cm³/mol. The highest BCUT2D eigenvalue weighted by Gasteiger charge is 2.60. The molecule has 52 heavy (non-hydrogen) atoms. The number of carbonyl (C=O) groups is 4. The van der Waals surface area contributed by atoms with Gasteiger partial charge in [-0.3, -0.25) is 19.3 Å². The second-order valence-electron chi connectivity index (χ2n) is 15.5. The van der Waals surface area contributed by atoms with Gasteiger partial charge in [-0.25, -0.2) is 9.78 Å². The first-order valence-electron chi connectivity index (χ1n) is 18.5. The molecule has 4 heterocycles. The molecule has 3 aliphatic rings. The topological polar surface area (TPSA) is 166 Å². The molecule has 0 saturated carbocycles. The number of aliphatic hydroxyl groups is 1. The first-order valence-corrected chi connectivity index (χ1v) is 18.5. The molecule has 0 radical (unpaired) electrons. The van der Waals surface area contributed by atoms with Gasteiger partial charge in [0.1, 0.15) is 29.7 Å². The number of likely N-dealkylation sites (N-methyl/N-ethyl adjacent to an activating group) is 1. The maximum absolute atomic E-state index is 14.6. The Morgan fingerprint density at radius 2 is 1.75 bits per heavy atom. The van der Waals surface area contributed by atoms with Gasteiger partial charge in [0.2, 0.25) is 0 Å². The molecule has 1 aromatic rings. The van der Waals surface area contributed by atoms with Gasteiger partial charge in [-0.05, 0) is 73.2 Å². The van der Waals surface area contributed by atoms with Crippen LogP contribution in [0.3, 0.4) is 0 Å². The number of ketones is 2. The minimum Gasteiger partial charge on any atom is -0.458 e. The minimum atomic E-state index is -1.41. The number of methoxy groups -OCH3 is 1. The molecule has 3 aliphatic heterocycles. The molecule has 0 spiro atoms. The summed E-state index contributed by atoms with van der Waals surface area (Å²) in [5.41, 5.74) is -2.68. The zero-order chi connectivity index (χ0) is 38.7. The van der Waals surface area contributed by atoms with Crippen molar-refractivity contribution < 1.29 is 48.0 Å². The van der Waals surface area contributed by atoms with Gasteiger partial charge < -0.3 is 39.0 Å². The fraction of sp³-hybridized carbons (Fsp3) is 0.763. The zero-order valence-corrected chi connectivity index (χ0v) is 32.7.